The zero-order valence-corrected chi connectivity index (χ0v) is 35.7. The number of rotatable bonds is 14. The number of aliphatic hydroxyl groups is 3. The standard InChI is InChI=1S/C46H55NO15/c1-25-30(60-42(56)36(53)35(28-16-10-7-11-17-28)47-33(52)20-14-9-15-21-48)23-46(57)40(61-41(55)29-18-12-8-13-19-29)38-44(6,31(51)22-32-45(38,24-58-32)62-27(3)50)39(54)37(59-26(2)49)34(25)43(46,4)5/h7-8,10-13,16-19,21,30-32,35-38,40,51,53,57H,9,14-15,20,22-24H2,1-6H3,(H,47,52)/t30-,31-,32+,35+,36+,37+,38-,40-,44+,45-,46+/m0/s1. The zero-order chi connectivity index (χ0) is 45.4. The number of aldehydes is 1. The smallest absolute Gasteiger partial charge is 0.338 e. The molecule has 16 nitrogen and oxygen atoms in total. The molecule has 0 radical (unpaired) electrons. The number of hydrogen-bond acceptors (Lipinski definition) is 15. The molecule has 2 aromatic carbocycles. The summed E-state index contributed by atoms with van der Waals surface area (Å²) in [5, 5.41) is 40.1. The highest BCUT2D eigenvalue weighted by atomic mass is 16.6. The molecule has 1 saturated heterocycles. The van der Waals surface area contributed by atoms with E-state index < -0.39 is 113 Å². The number of nitrogens with one attached hydrogen (secondary N) is 1. The minimum Gasteiger partial charge on any atom is -0.456 e. The van der Waals surface area contributed by atoms with Gasteiger partial charge in [0.15, 0.2) is 23.6 Å². The lowest BCUT2D eigenvalue weighted by Gasteiger charge is -2.67. The van der Waals surface area contributed by atoms with Gasteiger partial charge in [-0.25, -0.2) is 9.59 Å². The number of Topliss-reactive ketones (excluding diaryl/α,β-unsaturated/α-hetero) is 1. The molecule has 2 aromatic rings. The van der Waals surface area contributed by atoms with E-state index in [1.54, 1.807) is 62.4 Å². The molecule has 2 bridgehead atoms. The predicted molar refractivity (Wildman–Crippen MR) is 216 cm³/mol. The van der Waals surface area contributed by atoms with E-state index in [0.717, 1.165) is 20.1 Å². The van der Waals surface area contributed by atoms with Gasteiger partial charge in [-0.05, 0) is 55.5 Å². The molecular weight excluding hydrogens is 806 g/mol. The van der Waals surface area contributed by atoms with Crippen LogP contribution in [0.2, 0.25) is 0 Å². The first-order valence-corrected chi connectivity index (χ1v) is 20.8. The Bertz CT molecular complexity index is 2100. The molecule has 3 fully saturated rings. The number of benzene rings is 2. The van der Waals surface area contributed by atoms with Crippen LogP contribution in [-0.4, -0.2) is 112 Å². The largest absolute Gasteiger partial charge is 0.456 e. The third-order valence-corrected chi connectivity index (χ3v) is 13.4. The molecule has 1 heterocycles. The topological polar surface area (TPSA) is 238 Å². The van der Waals surface area contributed by atoms with E-state index in [1.165, 1.54) is 26.0 Å². The van der Waals surface area contributed by atoms with Crippen LogP contribution >= 0.6 is 0 Å². The van der Waals surface area contributed by atoms with Gasteiger partial charge in [0.2, 0.25) is 5.91 Å². The second-order valence-electron chi connectivity index (χ2n) is 17.5. The lowest BCUT2D eigenvalue weighted by molar-refractivity contribution is -0.346. The van der Waals surface area contributed by atoms with Crippen LogP contribution < -0.4 is 5.32 Å². The Balaban J connectivity index is 1.51. The summed E-state index contributed by atoms with van der Waals surface area (Å²) in [7, 11) is 0. The average Bonchev–Trinajstić information content (AvgIpc) is 3.22. The van der Waals surface area contributed by atoms with Crippen LogP contribution in [0.5, 0.6) is 0 Å². The fraction of sp³-hybridized carbons (Fsp3) is 0.543. The minimum absolute atomic E-state index is 0.000935. The highest BCUT2D eigenvalue weighted by Crippen LogP contribution is 2.64. The van der Waals surface area contributed by atoms with Crippen molar-refractivity contribution in [3.05, 3.63) is 82.9 Å². The number of fused-ring (bicyclic) bond motifs is 5. The average molecular weight is 862 g/mol. The van der Waals surface area contributed by atoms with Gasteiger partial charge in [-0.2, -0.15) is 0 Å². The summed E-state index contributed by atoms with van der Waals surface area (Å²) in [6.07, 6.45) is -8.71. The molecule has 2 saturated carbocycles. The number of unbranched alkanes of at least 4 members (excludes halogenated alkanes) is 2. The summed E-state index contributed by atoms with van der Waals surface area (Å²) in [6, 6.07) is 14.7. The van der Waals surface area contributed by atoms with Gasteiger partial charge in [-0.3, -0.25) is 19.2 Å². The highest BCUT2D eigenvalue weighted by molar-refractivity contribution is 5.95. The molecule has 0 spiro atoms. The maximum absolute atomic E-state index is 15.5. The first-order valence-electron chi connectivity index (χ1n) is 20.8. The molecular formula is C46H55NO15. The first kappa shape index (κ1) is 46.2. The zero-order valence-electron chi connectivity index (χ0n) is 35.7. The molecule has 62 heavy (non-hydrogen) atoms. The molecule has 0 unspecified atom stereocenters. The van der Waals surface area contributed by atoms with Crippen LogP contribution in [0, 0.1) is 16.7 Å². The van der Waals surface area contributed by atoms with Crippen molar-refractivity contribution >= 4 is 41.9 Å². The molecule has 1 amide bonds. The van der Waals surface area contributed by atoms with Crippen molar-refractivity contribution in [3.8, 4) is 0 Å². The van der Waals surface area contributed by atoms with E-state index >= 15 is 4.79 Å². The molecule has 4 aliphatic rings. The maximum Gasteiger partial charge on any atom is 0.338 e. The number of esters is 4. The number of hydrogen-bond donors (Lipinski definition) is 4. The Morgan fingerprint density at radius 3 is 2.16 bits per heavy atom. The monoisotopic (exact) mass is 861 g/mol. The Hall–Kier alpha value is -5.29. The van der Waals surface area contributed by atoms with Crippen molar-refractivity contribution in [2.75, 3.05) is 6.61 Å². The van der Waals surface area contributed by atoms with Crippen molar-refractivity contribution in [2.24, 2.45) is 16.7 Å². The Kier molecular flexibility index (Phi) is 13.3. The van der Waals surface area contributed by atoms with Crippen molar-refractivity contribution in [2.45, 2.75) is 134 Å². The molecule has 0 aromatic heterocycles. The van der Waals surface area contributed by atoms with Gasteiger partial charge < -0.3 is 49.1 Å². The second kappa shape index (κ2) is 17.8. The highest BCUT2D eigenvalue weighted by Gasteiger charge is 2.78. The van der Waals surface area contributed by atoms with Gasteiger partial charge in [0.25, 0.3) is 0 Å². The van der Waals surface area contributed by atoms with Crippen molar-refractivity contribution < 1.29 is 72.6 Å². The molecule has 1 aliphatic heterocycles. The number of amides is 1. The number of ketones is 1. The van der Waals surface area contributed by atoms with Gasteiger partial charge in [-0.1, -0.05) is 62.4 Å². The quantitative estimate of drug-likeness (QED) is 0.0702. The van der Waals surface area contributed by atoms with Gasteiger partial charge >= 0.3 is 23.9 Å². The number of carbonyl (C=O) groups excluding carboxylic acids is 7. The van der Waals surface area contributed by atoms with Crippen LogP contribution in [0.4, 0.5) is 0 Å². The number of aliphatic hydroxyl groups excluding tert-OH is 2. The van der Waals surface area contributed by atoms with Crippen LogP contribution in [0.25, 0.3) is 0 Å². The van der Waals surface area contributed by atoms with E-state index in [1.807, 2.05) is 0 Å². The Morgan fingerprint density at radius 1 is 0.935 bits per heavy atom. The first-order chi connectivity index (χ1) is 29.2. The third kappa shape index (κ3) is 8.09. The van der Waals surface area contributed by atoms with E-state index in [9.17, 15) is 44.1 Å². The van der Waals surface area contributed by atoms with Gasteiger partial charge in [0.1, 0.15) is 30.2 Å². The summed E-state index contributed by atoms with van der Waals surface area (Å²) in [5.41, 5.74) is -7.33. The summed E-state index contributed by atoms with van der Waals surface area (Å²) in [4.78, 5) is 93.8. The van der Waals surface area contributed by atoms with Crippen molar-refractivity contribution in [3.63, 3.8) is 0 Å². The Morgan fingerprint density at radius 2 is 1.58 bits per heavy atom. The van der Waals surface area contributed by atoms with E-state index in [-0.39, 0.29) is 42.6 Å². The molecule has 11 atom stereocenters. The van der Waals surface area contributed by atoms with Gasteiger partial charge in [0, 0.05) is 44.9 Å². The summed E-state index contributed by atoms with van der Waals surface area (Å²) in [6.45, 7) is 7.92. The molecule has 16 heteroatoms. The van der Waals surface area contributed by atoms with E-state index in [2.05, 4.69) is 5.32 Å². The lowest BCUT2D eigenvalue weighted by Crippen LogP contribution is -2.82. The van der Waals surface area contributed by atoms with Crippen LogP contribution in [-0.2, 0) is 52.5 Å². The third-order valence-electron chi connectivity index (χ3n) is 13.4. The maximum atomic E-state index is 15.5. The summed E-state index contributed by atoms with van der Waals surface area (Å²) in [5.74, 6) is -6.79. The fourth-order valence-electron chi connectivity index (χ4n) is 10.1. The molecule has 334 valence electrons. The van der Waals surface area contributed by atoms with Crippen LogP contribution in [0.3, 0.4) is 0 Å². The summed E-state index contributed by atoms with van der Waals surface area (Å²) < 4.78 is 30.2. The normalized spacial score (nSPS) is 31.9. The second-order valence-corrected chi connectivity index (χ2v) is 17.5. The number of carbonyl (C=O) groups is 7. The number of ether oxygens (including phenoxy) is 5. The van der Waals surface area contributed by atoms with E-state index in [4.69, 9.17) is 23.7 Å². The fourth-order valence-corrected chi connectivity index (χ4v) is 10.1. The van der Waals surface area contributed by atoms with Crippen molar-refractivity contribution in [1.82, 2.24) is 5.32 Å². The molecule has 4 N–H and O–H groups in total. The van der Waals surface area contributed by atoms with Crippen LogP contribution in [0.15, 0.2) is 71.8 Å². The van der Waals surface area contributed by atoms with Crippen LogP contribution in [0.1, 0.15) is 102 Å². The van der Waals surface area contributed by atoms with E-state index in [0.29, 0.717) is 18.4 Å². The lowest BCUT2D eigenvalue weighted by atomic mass is 9.44. The molecule has 6 rings (SSSR count). The van der Waals surface area contributed by atoms with Gasteiger partial charge in [0.05, 0.1) is 35.6 Å². The Labute approximate surface area is 359 Å². The van der Waals surface area contributed by atoms with Gasteiger partial charge in [-0.15, -0.1) is 0 Å². The SMILES string of the molecule is CC(=O)O[C@H]1C(=O)[C@@]2(C)[C@H]([C@H](OC(=O)c3ccccc3)[C@]3(O)C[C@H](OC(=O)[C@H](O)[C@H](NC(=O)CCCCC=O)c4ccccc4)C(C)=C1C3(C)C)[C@]1(OC(C)=O)CO[C@@H]1C[C@@H]2O. The minimum atomic E-state index is -2.40. The predicted octanol–water partition coefficient (Wildman–Crippen LogP) is 3.18. The summed E-state index contributed by atoms with van der Waals surface area (Å²) >= 11 is 0. The molecule has 3 aliphatic carbocycles. The van der Waals surface area contributed by atoms with Crippen molar-refractivity contribution in [1.29, 1.82) is 0 Å².